The van der Waals surface area contributed by atoms with Crippen LogP contribution < -0.4 is 26.8 Å². The summed E-state index contributed by atoms with van der Waals surface area (Å²) in [5, 5.41) is 0. The lowest BCUT2D eigenvalue weighted by Gasteiger charge is -2.33. The van der Waals surface area contributed by atoms with Gasteiger partial charge in [0.1, 0.15) is 31.1 Å². The van der Waals surface area contributed by atoms with E-state index < -0.39 is 11.2 Å². The standard InChI is InChI=1S/C18H31N5O4/c1-5-7-8-23-16(19)15(17(25)20-18(23)26)22(6-2)14(24)11-21-9-12(3)27-13(4)10-21/h12-13H,5-11,19H2,1-4H3,(H,20,25,26)/p+1/t12-,13-/m1/s1. The lowest BCUT2D eigenvalue weighted by atomic mass is 10.2. The molecule has 9 heteroatoms. The number of morpholine rings is 1. The number of ether oxygens (including phenoxy) is 1. The first kappa shape index (κ1) is 21.2. The Balaban J connectivity index is 2.29. The fourth-order valence-corrected chi connectivity index (χ4v) is 3.68. The molecule has 0 saturated carbocycles. The number of nitrogen functional groups attached to an aromatic ring is 1. The predicted octanol–water partition coefficient (Wildman–Crippen LogP) is -1.04. The quantitative estimate of drug-likeness (QED) is 0.557. The number of anilines is 2. The number of quaternary nitrogens is 1. The van der Waals surface area contributed by atoms with Crippen LogP contribution in [0.15, 0.2) is 9.59 Å². The zero-order valence-electron chi connectivity index (χ0n) is 16.7. The highest BCUT2D eigenvalue weighted by Gasteiger charge is 2.30. The molecule has 4 N–H and O–H groups in total. The largest absolute Gasteiger partial charge is 0.383 e. The van der Waals surface area contributed by atoms with E-state index in [2.05, 4.69) is 4.98 Å². The Kier molecular flexibility index (Phi) is 7.20. The maximum absolute atomic E-state index is 12.9. The van der Waals surface area contributed by atoms with Crippen molar-refractivity contribution in [1.82, 2.24) is 9.55 Å². The van der Waals surface area contributed by atoms with Gasteiger partial charge in [-0.25, -0.2) is 4.79 Å². The monoisotopic (exact) mass is 382 g/mol. The summed E-state index contributed by atoms with van der Waals surface area (Å²) in [5.41, 5.74) is 5.03. The molecule has 0 aromatic carbocycles. The first-order chi connectivity index (χ1) is 12.8. The van der Waals surface area contributed by atoms with Crippen LogP contribution in [0.5, 0.6) is 0 Å². The van der Waals surface area contributed by atoms with Gasteiger partial charge in [0.05, 0.1) is 0 Å². The van der Waals surface area contributed by atoms with E-state index in [1.165, 1.54) is 9.47 Å². The van der Waals surface area contributed by atoms with Crippen LogP contribution in [0, 0.1) is 0 Å². The Morgan fingerprint density at radius 1 is 1.30 bits per heavy atom. The van der Waals surface area contributed by atoms with Crippen molar-refractivity contribution in [3.8, 4) is 0 Å². The Hall–Kier alpha value is -2.13. The van der Waals surface area contributed by atoms with Gasteiger partial charge in [-0.1, -0.05) is 13.3 Å². The number of unbranched alkanes of at least 4 members (excludes halogenated alkanes) is 1. The first-order valence-corrected chi connectivity index (χ1v) is 9.70. The SMILES string of the molecule is CCCCn1c(N)c(N(CC)C(=O)C[NH+]2C[C@@H](C)O[C@H](C)C2)c(=O)[nH]c1=O. The van der Waals surface area contributed by atoms with Gasteiger partial charge in [-0.15, -0.1) is 0 Å². The number of nitrogens with two attached hydrogens (primary N) is 1. The zero-order valence-corrected chi connectivity index (χ0v) is 16.7. The summed E-state index contributed by atoms with van der Waals surface area (Å²) in [4.78, 5) is 42.2. The number of carbonyl (C=O) groups is 1. The van der Waals surface area contributed by atoms with Gasteiger partial charge in [0.2, 0.25) is 0 Å². The third kappa shape index (κ3) is 4.98. The summed E-state index contributed by atoms with van der Waals surface area (Å²) < 4.78 is 7.05. The number of hydrogen-bond acceptors (Lipinski definition) is 5. The highest BCUT2D eigenvalue weighted by molar-refractivity contribution is 5.96. The number of rotatable bonds is 7. The molecule has 1 aliphatic rings. The summed E-state index contributed by atoms with van der Waals surface area (Å²) in [6.45, 7) is 10.2. The van der Waals surface area contributed by atoms with E-state index >= 15 is 0 Å². The minimum absolute atomic E-state index is 0.0473. The van der Waals surface area contributed by atoms with E-state index in [9.17, 15) is 14.4 Å². The number of aromatic nitrogens is 2. The second-order valence-electron chi connectivity index (χ2n) is 7.23. The summed E-state index contributed by atoms with van der Waals surface area (Å²) in [5.74, 6) is -0.141. The number of aromatic amines is 1. The molecule has 0 spiro atoms. The fraction of sp³-hybridized carbons (Fsp3) is 0.722. The van der Waals surface area contributed by atoms with E-state index in [1.807, 2.05) is 20.8 Å². The van der Waals surface area contributed by atoms with Crippen LogP contribution in [-0.4, -0.2) is 53.8 Å². The smallest absolute Gasteiger partial charge is 0.330 e. The van der Waals surface area contributed by atoms with Gasteiger partial charge >= 0.3 is 5.69 Å². The Bertz CT molecular complexity index is 762. The molecule has 1 fully saturated rings. The molecule has 2 atom stereocenters. The second-order valence-corrected chi connectivity index (χ2v) is 7.23. The van der Waals surface area contributed by atoms with Crippen LogP contribution in [0.3, 0.4) is 0 Å². The molecule has 0 radical (unpaired) electrons. The first-order valence-electron chi connectivity index (χ1n) is 9.70. The molecule has 0 unspecified atom stereocenters. The minimum atomic E-state index is -0.626. The van der Waals surface area contributed by atoms with Crippen molar-refractivity contribution in [1.29, 1.82) is 0 Å². The molecule has 1 aliphatic heterocycles. The molecule has 152 valence electrons. The van der Waals surface area contributed by atoms with E-state index in [0.29, 0.717) is 13.1 Å². The van der Waals surface area contributed by atoms with Crippen molar-refractivity contribution in [2.24, 2.45) is 0 Å². The Morgan fingerprint density at radius 3 is 2.48 bits per heavy atom. The van der Waals surface area contributed by atoms with Gasteiger partial charge in [-0.3, -0.25) is 24.0 Å². The zero-order chi connectivity index (χ0) is 20.1. The molecule has 0 aliphatic carbocycles. The summed E-state index contributed by atoms with van der Waals surface area (Å²) in [7, 11) is 0. The number of nitrogens with zero attached hydrogens (tertiary/aromatic N) is 2. The van der Waals surface area contributed by atoms with Gasteiger partial charge in [-0.05, 0) is 27.2 Å². The fourth-order valence-electron chi connectivity index (χ4n) is 3.68. The predicted molar refractivity (Wildman–Crippen MR) is 104 cm³/mol. The van der Waals surface area contributed by atoms with Gasteiger partial charge in [0.15, 0.2) is 12.2 Å². The number of carbonyl (C=O) groups excluding carboxylic acids is 1. The molecule has 2 heterocycles. The molecule has 1 aromatic heterocycles. The third-order valence-electron chi connectivity index (χ3n) is 4.85. The maximum atomic E-state index is 12.9. The number of likely N-dealkylation sites (N-methyl/N-ethyl adjacent to an activating group) is 1. The van der Waals surface area contributed by atoms with Crippen molar-refractivity contribution in [3.05, 3.63) is 20.8 Å². The summed E-state index contributed by atoms with van der Waals surface area (Å²) in [6, 6.07) is 0. The van der Waals surface area contributed by atoms with Gasteiger partial charge in [0.25, 0.3) is 11.5 Å². The average Bonchev–Trinajstić information content (AvgIpc) is 2.57. The lowest BCUT2D eigenvalue weighted by Crippen LogP contribution is -3.16. The van der Waals surface area contributed by atoms with E-state index in [1.54, 1.807) is 6.92 Å². The maximum Gasteiger partial charge on any atom is 0.330 e. The topological polar surface area (TPSA) is 115 Å². The average molecular weight is 382 g/mol. The number of nitrogens with one attached hydrogen (secondary N) is 2. The Labute approximate surface area is 159 Å². The molecule has 0 bridgehead atoms. The van der Waals surface area contributed by atoms with Gasteiger partial charge in [0, 0.05) is 13.1 Å². The Morgan fingerprint density at radius 2 is 1.93 bits per heavy atom. The minimum Gasteiger partial charge on any atom is -0.383 e. The highest BCUT2D eigenvalue weighted by Crippen LogP contribution is 2.16. The van der Waals surface area contributed by atoms with Crippen LogP contribution in [-0.2, 0) is 16.1 Å². The highest BCUT2D eigenvalue weighted by atomic mass is 16.5. The third-order valence-corrected chi connectivity index (χ3v) is 4.85. The normalized spacial score (nSPS) is 22.6. The number of H-pyrrole nitrogens is 1. The van der Waals surface area contributed by atoms with E-state index in [-0.39, 0.29) is 36.2 Å². The molecule has 27 heavy (non-hydrogen) atoms. The van der Waals surface area contributed by atoms with Crippen molar-refractivity contribution in [2.45, 2.75) is 59.3 Å². The van der Waals surface area contributed by atoms with Crippen molar-refractivity contribution < 1.29 is 14.4 Å². The van der Waals surface area contributed by atoms with Crippen LogP contribution in [0.25, 0.3) is 0 Å². The molecule has 1 saturated heterocycles. The van der Waals surface area contributed by atoms with E-state index in [0.717, 1.165) is 30.8 Å². The summed E-state index contributed by atoms with van der Waals surface area (Å²) in [6.07, 6.45) is 1.80. The second kappa shape index (κ2) is 9.18. The lowest BCUT2D eigenvalue weighted by molar-refractivity contribution is -0.907. The van der Waals surface area contributed by atoms with Crippen LogP contribution in [0.1, 0.15) is 40.5 Å². The summed E-state index contributed by atoms with van der Waals surface area (Å²) >= 11 is 0. The van der Waals surface area contributed by atoms with Crippen molar-refractivity contribution in [3.63, 3.8) is 0 Å². The molecule has 2 rings (SSSR count). The number of hydrogen-bond donors (Lipinski definition) is 3. The molecular weight excluding hydrogens is 350 g/mol. The molecule has 1 amide bonds. The van der Waals surface area contributed by atoms with Crippen molar-refractivity contribution >= 4 is 17.4 Å². The van der Waals surface area contributed by atoms with Crippen LogP contribution in [0.2, 0.25) is 0 Å². The van der Waals surface area contributed by atoms with Gasteiger partial charge in [-0.2, -0.15) is 0 Å². The van der Waals surface area contributed by atoms with Crippen LogP contribution in [0.4, 0.5) is 11.5 Å². The van der Waals surface area contributed by atoms with E-state index in [4.69, 9.17) is 10.5 Å². The van der Waals surface area contributed by atoms with Crippen molar-refractivity contribution in [2.75, 3.05) is 36.8 Å². The molecular formula is C18H32N5O4+. The molecule has 9 nitrogen and oxygen atoms in total. The number of amides is 1. The van der Waals surface area contributed by atoms with Gasteiger partial charge < -0.3 is 15.4 Å². The molecule has 1 aromatic rings. The van der Waals surface area contributed by atoms with Crippen LogP contribution >= 0.6 is 0 Å².